The summed E-state index contributed by atoms with van der Waals surface area (Å²) < 4.78 is 25.1. The van der Waals surface area contributed by atoms with E-state index in [1.807, 2.05) is 0 Å². The van der Waals surface area contributed by atoms with Crippen molar-refractivity contribution in [2.24, 2.45) is 0 Å². The SMILES string of the molecule is CCOS(=O)(=O)CC.[NaH]. The molecule has 0 bridgehead atoms. The van der Waals surface area contributed by atoms with Gasteiger partial charge in [0.05, 0.1) is 12.4 Å². The van der Waals surface area contributed by atoms with Gasteiger partial charge in [-0.05, 0) is 13.8 Å². The van der Waals surface area contributed by atoms with Gasteiger partial charge < -0.3 is 0 Å². The number of rotatable bonds is 3. The second-order valence-electron chi connectivity index (χ2n) is 1.25. The van der Waals surface area contributed by atoms with Gasteiger partial charge in [0.1, 0.15) is 0 Å². The standard InChI is InChI=1S/C4H10O3S.Na.H/c1-3-7-8(5,6)4-2;;/h3-4H2,1-2H3;;. The maximum atomic E-state index is 10.4. The second kappa shape index (κ2) is 5.68. The molecular weight excluding hydrogens is 151 g/mol. The predicted molar refractivity (Wildman–Crippen MR) is 38.2 cm³/mol. The van der Waals surface area contributed by atoms with Gasteiger partial charge in [0.25, 0.3) is 10.1 Å². The van der Waals surface area contributed by atoms with Crippen molar-refractivity contribution >= 4 is 39.7 Å². The average Bonchev–Trinajstić information content (AvgIpc) is 1.67. The summed E-state index contributed by atoms with van der Waals surface area (Å²) in [7, 11) is -3.17. The molecule has 0 aliphatic heterocycles. The van der Waals surface area contributed by atoms with Crippen molar-refractivity contribution in [2.45, 2.75) is 13.8 Å². The van der Waals surface area contributed by atoms with E-state index in [9.17, 15) is 8.42 Å². The maximum absolute atomic E-state index is 10.4. The molecular formula is C4H11NaO3S. The fourth-order valence-electron chi connectivity index (χ4n) is 0.263. The van der Waals surface area contributed by atoms with Crippen molar-refractivity contribution in [3.63, 3.8) is 0 Å². The third-order valence-electron chi connectivity index (χ3n) is 0.651. The van der Waals surface area contributed by atoms with Crippen LogP contribution < -0.4 is 0 Å². The van der Waals surface area contributed by atoms with Crippen molar-refractivity contribution in [3.8, 4) is 0 Å². The molecule has 5 heteroatoms. The van der Waals surface area contributed by atoms with Crippen LogP contribution in [0.4, 0.5) is 0 Å². The van der Waals surface area contributed by atoms with Crippen molar-refractivity contribution in [3.05, 3.63) is 0 Å². The zero-order valence-corrected chi connectivity index (χ0v) is 5.86. The van der Waals surface area contributed by atoms with E-state index in [1.165, 1.54) is 0 Å². The van der Waals surface area contributed by atoms with Gasteiger partial charge in [0.2, 0.25) is 0 Å². The van der Waals surface area contributed by atoms with Gasteiger partial charge in [-0.25, -0.2) is 0 Å². The van der Waals surface area contributed by atoms with Crippen molar-refractivity contribution in [1.82, 2.24) is 0 Å². The minimum atomic E-state index is -3.17. The molecule has 0 radical (unpaired) electrons. The molecule has 52 valence electrons. The summed E-state index contributed by atoms with van der Waals surface area (Å²) in [6.07, 6.45) is 0. The molecule has 3 nitrogen and oxygen atoms in total. The third kappa shape index (κ3) is 6.80. The molecule has 0 aromatic rings. The van der Waals surface area contributed by atoms with Crippen LogP contribution in [0.5, 0.6) is 0 Å². The Bertz CT molecular complexity index is 140. The van der Waals surface area contributed by atoms with E-state index in [1.54, 1.807) is 13.8 Å². The molecule has 0 N–H and O–H groups in total. The fraction of sp³-hybridized carbons (Fsp3) is 1.00. The van der Waals surface area contributed by atoms with E-state index < -0.39 is 10.1 Å². The Morgan fingerprint density at radius 2 is 1.78 bits per heavy atom. The van der Waals surface area contributed by atoms with Gasteiger partial charge in [-0.3, -0.25) is 4.18 Å². The van der Waals surface area contributed by atoms with Crippen LogP contribution in [-0.4, -0.2) is 50.3 Å². The van der Waals surface area contributed by atoms with Crippen LogP contribution in [-0.2, 0) is 14.3 Å². The fourth-order valence-corrected chi connectivity index (χ4v) is 0.789. The summed E-state index contributed by atoms with van der Waals surface area (Å²) in [5.41, 5.74) is 0. The Kier molecular flexibility index (Phi) is 7.93. The van der Waals surface area contributed by atoms with Gasteiger partial charge in [0.15, 0.2) is 0 Å². The van der Waals surface area contributed by atoms with E-state index in [0.29, 0.717) is 0 Å². The first kappa shape index (κ1) is 12.6. The average molecular weight is 162 g/mol. The van der Waals surface area contributed by atoms with Gasteiger partial charge in [0, 0.05) is 0 Å². The monoisotopic (exact) mass is 162 g/mol. The van der Waals surface area contributed by atoms with E-state index >= 15 is 0 Å². The van der Waals surface area contributed by atoms with Crippen LogP contribution in [0.3, 0.4) is 0 Å². The number of hydrogen-bond acceptors (Lipinski definition) is 3. The molecule has 0 atom stereocenters. The molecule has 0 aliphatic carbocycles. The van der Waals surface area contributed by atoms with Crippen LogP contribution in [0.15, 0.2) is 0 Å². The molecule has 0 fully saturated rings. The van der Waals surface area contributed by atoms with Crippen LogP contribution in [0.2, 0.25) is 0 Å². The van der Waals surface area contributed by atoms with Crippen LogP contribution in [0.1, 0.15) is 13.8 Å². The summed E-state index contributed by atoms with van der Waals surface area (Å²) in [6.45, 7) is 3.42. The molecule has 9 heavy (non-hydrogen) atoms. The molecule has 0 amide bonds. The molecule has 0 saturated heterocycles. The van der Waals surface area contributed by atoms with Gasteiger partial charge in [-0.1, -0.05) is 0 Å². The summed E-state index contributed by atoms with van der Waals surface area (Å²) in [4.78, 5) is 0. The molecule has 0 heterocycles. The van der Waals surface area contributed by atoms with E-state index in [2.05, 4.69) is 4.18 Å². The van der Waals surface area contributed by atoms with Crippen molar-refractivity contribution < 1.29 is 12.6 Å². The third-order valence-corrected chi connectivity index (χ3v) is 1.95. The van der Waals surface area contributed by atoms with E-state index in [4.69, 9.17) is 0 Å². The quantitative estimate of drug-likeness (QED) is 0.423. The Labute approximate surface area is 78.2 Å². The Morgan fingerprint density at radius 3 is 1.89 bits per heavy atom. The normalized spacial score (nSPS) is 10.4. The van der Waals surface area contributed by atoms with Gasteiger partial charge >= 0.3 is 29.6 Å². The first-order valence-corrected chi connectivity index (χ1v) is 4.07. The van der Waals surface area contributed by atoms with Crippen LogP contribution in [0.25, 0.3) is 0 Å². The zero-order valence-electron chi connectivity index (χ0n) is 5.05. The van der Waals surface area contributed by atoms with Gasteiger partial charge in [-0.2, -0.15) is 8.42 Å². The summed E-state index contributed by atoms with van der Waals surface area (Å²) in [5, 5.41) is 0. The number of hydrogen-bond donors (Lipinski definition) is 0. The molecule has 0 saturated carbocycles. The molecule has 0 aromatic heterocycles. The molecule has 0 rings (SSSR count). The summed E-state index contributed by atoms with van der Waals surface area (Å²) in [5.74, 6) is 0.0564. The van der Waals surface area contributed by atoms with E-state index in [-0.39, 0.29) is 41.9 Å². The van der Waals surface area contributed by atoms with Crippen molar-refractivity contribution in [1.29, 1.82) is 0 Å². The summed E-state index contributed by atoms with van der Waals surface area (Å²) in [6, 6.07) is 0. The summed E-state index contributed by atoms with van der Waals surface area (Å²) >= 11 is 0. The predicted octanol–water partition coefficient (Wildman–Crippen LogP) is -0.276. The van der Waals surface area contributed by atoms with E-state index in [0.717, 1.165) is 0 Å². The van der Waals surface area contributed by atoms with Crippen LogP contribution >= 0.6 is 0 Å². The minimum absolute atomic E-state index is 0. The molecule has 0 aliphatic rings. The first-order valence-electron chi connectivity index (χ1n) is 2.49. The first-order chi connectivity index (χ1) is 3.62. The Balaban J connectivity index is 0. The molecule has 0 spiro atoms. The topological polar surface area (TPSA) is 43.4 Å². The van der Waals surface area contributed by atoms with Crippen LogP contribution in [0, 0.1) is 0 Å². The molecule has 0 aromatic carbocycles. The molecule has 0 unspecified atom stereocenters. The Morgan fingerprint density at radius 1 is 1.33 bits per heavy atom. The van der Waals surface area contributed by atoms with Crippen molar-refractivity contribution in [2.75, 3.05) is 12.4 Å². The Hall–Kier alpha value is 0.910. The zero-order chi connectivity index (χ0) is 6.62. The second-order valence-corrected chi connectivity index (χ2v) is 3.18. The van der Waals surface area contributed by atoms with Gasteiger partial charge in [-0.15, -0.1) is 0 Å².